The summed E-state index contributed by atoms with van der Waals surface area (Å²) in [7, 11) is 0. The third-order valence-corrected chi connectivity index (χ3v) is 2.18. The van der Waals surface area contributed by atoms with Crippen molar-refractivity contribution in [3.8, 4) is 0 Å². The van der Waals surface area contributed by atoms with Gasteiger partial charge in [0.25, 0.3) is 0 Å². The highest BCUT2D eigenvalue weighted by atomic mass is 32.2. The summed E-state index contributed by atoms with van der Waals surface area (Å²) in [6.07, 6.45) is 3.19. The van der Waals surface area contributed by atoms with Gasteiger partial charge in [0.05, 0.1) is 6.04 Å². The zero-order valence-electron chi connectivity index (χ0n) is 9.00. The Balaban J connectivity index is 3.76. The molecule has 3 N–H and O–H groups in total. The lowest BCUT2D eigenvalue weighted by Gasteiger charge is -2.11. The summed E-state index contributed by atoms with van der Waals surface area (Å²) in [5, 5.41) is 3.07. The van der Waals surface area contributed by atoms with Gasteiger partial charge in [-0.2, -0.15) is 11.8 Å². The molecule has 0 saturated carbocycles. The Hall–Kier alpha value is -0.380. The summed E-state index contributed by atoms with van der Waals surface area (Å²) >= 11 is 1.84. The van der Waals surface area contributed by atoms with E-state index in [1.54, 1.807) is 0 Å². The molecule has 3 nitrogen and oxygen atoms in total. The molecule has 0 amide bonds. The third kappa shape index (κ3) is 7.96. The van der Waals surface area contributed by atoms with Crippen LogP contribution in [0.1, 0.15) is 27.2 Å². The molecule has 1 unspecified atom stereocenters. The Morgan fingerprint density at radius 2 is 2.08 bits per heavy atom. The molecule has 0 saturated heterocycles. The minimum absolute atomic E-state index is 0.318. The lowest BCUT2D eigenvalue weighted by Crippen LogP contribution is -2.37. The van der Waals surface area contributed by atoms with Crippen molar-refractivity contribution in [3.63, 3.8) is 0 Å². The van der Waals surface area contributed by atoms with Gasteiger partial charge in [-0.25, -0.2) is 0 Å². The Morgan fingerprint density at radius 1 is 1.46 bits per heavy atom. The van der Waals surface area contributed by atoms with Crippen molar-refractivity contribution >= 4 is 17.7 Å². The van der Waals surface area contributed by atoms with Crippen LogP contribution < -0.4 is 11.1 Å². The van der Waals surface area contributed by atoms with Crippen molar-refractivity contribution < 1.29 is 0 Å². The van der Waals surface area contributed by atoms with Gasteiger partial charge in [-0.3, -0.25) is 4.99 Å². The second-order valence-corrected chi connectivity index (χ2v) is 4.43. The predicted octanol–water partition coefficient (Wildman–Crippen LogP) is 1.44. The Labute approximate surface area is 85.6 Å². The van der Waals surface area contributed by atoms with Gasteiger partial charge in [-0.1, -0.05) is 0 Å². The van der Waals surface area contributed by atoms with E-state index in [-0.39, 0.29) is 0 Å². The highest BCUT2D eigenvalue weighted by Crippen LogP contribution is 2.02. The quantitative estimate of drug-likeness (QED) is 0.525. The van der Waals surface area contributed by atoms with E-state index in [1.807, 2.05) is 11.8 Å². The fraction of sp³-hybridized carbons (Fsp3) is 0.889. The summed E-state index contributed by atoms with van der Waals surface area (Å²) in [5.41, 5.74) is 5.68. The highest BCUT2D eigenvalue weighted by molar-refractivity contribution is 7.98. The van der Waals surface area contributed by atoms with Crippen LogP contribution in [-0.2, 0) is 0 Å². The first kappa shape index (κ1) is 12.6. The second kappa shape index (κ2) is 7.06. The van der Waals surface area contributed by atoms with E-state index in [4.69, 9.17) is 5.73 Å². The van der Waals surface area contributed by atoms with E-state index in [9.17, 15) is 0 Å². The number of nitrogens with two attached hydrogens (primary N) is 1. The van der Waals surface area contributed by atoms with Crippen LogP contribution in [0.5, 0.6) is 0 Å². The average molecular weight is 203 g/mol. The van der Waals surface area contributed by atoms with Crippen LogP contribution in [0.15, 0.2) is 4.99 Å². The molecule has 4 heteroatoms. The van der Waals surface area contributed by atoms with E-state index in [2.05, 4.69) is 37.3 Å². The van der Waals surface area contributed by atoms with Crippen LogP contribution in [-0.4, -0.2) is 30.1 Å². The van der Waals surface area contributed by atoms with Gasteiger partial charge in [0.15, 0.2) is 5.96 Å². The summed E-state index contributed by atoms with van der Waals surface area (Å²) in [6.45, 7) is 6.19. The number of rotatable bonds is 5. The summed E-state index contributed by atoms with van der Waals surface area (Å²) in [4.78, 5) is 4.32. The van der Waals surface area contributed by atoms with Gasteiger partial charge in [-0.05, 0) is 39.2 Å². The summed E-state index contributed by atoms with van der Waals surface area (Å²) < 4.78 is 0. The smallest absolute Gasteiger partial charge is 0.189 e. The number of guanidine groups is 1. The predicted molar refractivity (Wildman–Crippen MR) is 62.4 cm³/mol. The number of nitrogens with zero attached hydrogens (tertiary/aromatic N) is 1. The molecule has 0 aliphatic rings. The molecule has 0 fully saturated rings. The topological polar surface area (TPSA) is 50.4 Å². The molecule has 0 aliphatic carbocycles. The number of thioether (sulfide) groups is 1. The molecule has 0 aromatic carbocycles. The van der Waals surface area contributed by atoms with Crippen molar-refractivity contribution in [2.45, 2.75) is 39.3 Å². The summed E-state index contributed by atoms with van der Waals surface area (Å²) in [5.74, 6) is 1.70. The van der Waals surface area contributed by atoms with Crippen molar-refractivity contribution in [3.05, 3.63) is 0 Å². The zero-order valence-corrected chi connectivity index (χ0v) is 9.82. The highest BCUT2D eigenvalue weighted by Gasteiger charge is 2.00. The van der Waals surface area contributed by atoms with Crippen LogP contribution in [0.25, 0.3) is 0 Å². The normalized spacial score (nSPS) is 14.7. The number of hydrogen-bond donors (Lipinski definition) is 2. The molecule has 0 spiro atoms. The molecule has 78 valence electrons. The molecule has 0 bridgehead atoms. The van der Waals surface area contributed by atoms with Gasteiger partial charge < -0.3 is 11.1 Å². The maximum atomic E-state index is 5.68. The molecule has 0 aromatic rings. The average Bonchev–Trinajstić information content (AvgIpc) is 1.98. The zero-order chi connectivity index (χ0) is 10.3. The number of hydrogen-bond acceptors (Lipinski definition) is 2. The Kier molecular flexibility index (Phi) is 6.86. The number of nitrogens with one attached hydrogen (secondary N) is 1. The summed E-state index contributed by atoms with van der Waals surface area (Å²) in [6, 6.07) is 0.676. The van der Waals surface area contributed by atoms with E-state index >= 15 is 0 Å². The molecule has 0 rings (SSSR count). The minimum atomic E-state index is 0.318. The van der Waals surface area contributed by atoms with Gasteiger partial charge in [0, 0.05) is 6.04 Å². The van der Waals surface area contributed by atoms with Crippen LogP contribution >= 0.6 is 11.8 Å². The molecule has 0 aliphatic heterocycles. The molecule has 0 radical (unpaired) electrons. The van der Waals surface area contributed by atoms with Crippen LogP contribution in [0.4, 0.5) is 0 Å². The van der Waals surface area contributed by atoms with Crippen molar-refractivity contribution in [1.82, 2.24) is 5.32 Å². The number of aliphatic imine (C=N–C) groups is 1. The van der Waals surface area contributed by atoms with Gasteiger partial charge in [0.2, 0.25) is 0 Å². The van der Waals surface area contributed by atoms with E-state index in [0.29, 0.717) is 18.0 Å². The molecular weight excluding hydrogens is 182 g/mol. The van der Waals surface area contributed by atoms with E-state index < -0.39 is 0 Å². The maximum absolute atomic E-state index is 5.68. The third-order valence-electron chi connectivity index (χ3n) is 1.54. The first-order valence-electron chi connectivity index (χ1n) is 4.65. The molecule has 0 heterocycles. The fourth-order valence-corrected chi connectivity index (χ4v) is 1.50. The van der Waals surface area contributed by atoms with Gasteiger partial charge in [-0.15, -0.1) is 0 Å². The first-order valence-corrected chi connectivity index (χ1v) is 6.04. The largest absolute Gasteiger partial charge is 0.370 e. The van der Waals surface area contributed by atoms with Crippen molar-refractivity contribution in [2.75, 3.05) is 12.0 Å². The fourth-order valence-electron chi connectivity index (χ4n) is 0.923. The molecular formula is C9H21N3S. The molecule has 0 aromatic heterocycles. The van der Waals surface area contributed by atoms with E-state index in [1.165, 1.54) is 0 Å². The lowest BCUT2D eigenvalue weighted by atomic mass is 10.3. The molecule has 1 atom stereocenters. The maximum Gasteiger partial charge on any atom is 0.189 e. The second-order valence-electron chi connectivity index (χ2n) is 3.44. The lowest BCUT2D eigenvalue weighted by molar-refractivity contribution is 0.686. The Bertz CT molecular complexity index is 157. The monoisotopic (exact) mass is 203 g/mol. The Morgan fingerprint density at radius 3 is 2.54 bits per heavy atom. The standard InChI is InChI=1S/C9H21N3S/c1-7(2)11-9(10)12-8(3)5-6-13-4/h7-8H,5-6H2,1-4H3,(H3,10,11,12). The van der Waals surface area contributed by atoms with Crippen LogP contribution in [0, 0.1) is 0 Å². The minimum Gasteiger partial charge on any atom is -0.370 e. The van der Waals surface area contributed by atoms with E-state index in [0.717, 1.165) is 12.2 Å². The van der Waals surface area contributed by atoms with Crippen LogP contribution in [0.2, 0.25) is 0 Å². The van der Waals surface area contributed by atoms with Crippen molar-refractivity contribution in [2.24, 2.45) is 10.7 Å². The van der Waals surface area contributed by atoms with Crippen molar-refractivity contribution in [1.29, 1.82) is 0 Å². The van der Waals surface area contributed by atoms with Gasteiger partial charge >= 0.3 is 0 Å². The van der Waals surface area contributed by atoms with Crippen LogP contribution in [0.3, 0.4) is 0 Å². The SMILES string of the molecule is CSCCC(C)N=C(N)NC(C)C. The first-order chi connectivity index (χ1) is 6.06. The van der Waals surface area contributed by atoms with Gasteiger partial charge in [0.1, 0.15) is 0 Å². The molecule has 13 heavy (non-hydrogen) atoms.